The first-order valence-electron chi connectivity index (χ1n) is 7.77. The molecule has 1 fully saturated rings. The highest BCUT2D eigenvalue weighted by Crippen LogP contribution is 2.35. The fourth-order valence-electron chi connectivity index (χ4n) is 2.18. The molecule has 7 nitrogen and oxygen atoms in total. The van der Waals surface area contributed by atoms with Gasteiger partial charge in [0.2, 0.25) is 5.13 Å². The third kappa shape index (κ3) is 3.78. The zero-order valence-corrected chi connectivity index (χ0v) is 15.5. The lowest BCUT2D eigenvalue weighted by atomic mass is 10.2. The number of amidine groups is 1. The van der Waals surface area contributed by atoms with E-state index in [1.54, 1.807) is 18.2 Å². The van der Waals surface area contributed by atoms with Crippen LogP contribution in [-0.4, -0.2) is 42.9 Å². The number of hydrogen-bond acceptors (Lipinski definition) is 8. The summed E-state index contributed by atoms with van der Waals surface area (Å²) in [5.74, 6) is -0.662. The second-order valence-corrected chi connectivity index (χ2v) is 7.34. The summed E-state index contributed by atoms with van der Waals surface area (Å²) in [7, 11) is 0. The number of benzene rings is 1. The van der Waals surface area contributed by atoms with Crippen LogP contribution in [0.5, 0.6) is 11.5 Å². The zero-order valence-electron chi connectivity index (χ0n) is 13.9. The lowest BCUT2D eigenvalue weighted by molar-refractivity contribution is -0.121. The predicted molar refractivity (Wildman–Crippen MR) is 104 cm³/mol. The minimum Gasteiger partial charge on any atom is -0.504 e. The maximum absolute atomic E-state index is 12.7. The molecule has 1 aliphatic heterocycles. The van der Waals surface area contributed by atoms with Crippen LogP contribution in [0.2, 0.25) is 0 Å². The van der Waals surface area contributed by atoms with E-state index < -0.39 is 0 Å². The number of phenols is 2. The van der Waals surface area contributed by atoms with Gasteiger partial charge >= 0.3 is 0 Å². The van der Waals surface area contributed by atoms with Gasteiger partial charge in [0.15, 0.2) is 16.7 Å². The molecule has 1 aromatic heterocycles. The largest absolute Gasteiger partial charge is 0.504 e. The van der Waals surface area contributed by atoms with Crippen LogP contribution in [0.25, 0.3) is 6.08 Å². The molecule has 1 amide bonds. The van der Waals surface area contributed by atoms with Crippen LogP contribution in [0.4, 0.5) is 5.13 Å². The summed E-state index contributed by atoms with van der Waals surface area (Å²) in [6, 6.07) is 4.37. The number of aryl methyl sites for hydroxylation is 1. The minimum absolute atomic E-state index is 0.207. The maximum atomic E-state index is 12.7. The Morgan fingerprint density at radius 1 is 1.31 bits per heavy atom. The summed E-state index contributed by atoms with van der Waals surface area (Å²) in [6.07, 6.45) is 4.05. The predicted octanol–water partition coefficient (Wildman–Crippen LogP) is 3.30. The molecule has 0 spiro atoms. The Morgan fingerprint density at radius 2 is 2.12 bits per heavy atom. The molecular weight excluding hydrogens is 372 g/mol. The zero-order chi connectivity index (χ0) is 18.7. The maximum Gasteiger partial charge on any atom is 0.267 e. The molecule has 0 saturated carbocycles. The Hall–Kier alpha value is -2.65. The molecule has 9 heteroatoms. The summed E-state index contributed by atoms with van der Waals surface area (Å²) < 4.78 is 0. The van der Waals surface area contributed by atoms with Gasteiger partial charge in [-0.15, -0.1) is 16.8 Å². The molecule has 3 rings (SSSR count). The molecule has 0 aliphatic carbocycles. The van der Waals surface area contributed by atoms with E-state index in [1.165, 1.54) is 40.1 Å². The topological polar surface area (TPSA) is 98.9 Å². The standard InChI is InChI=1S/C17H16N4O3S2/c1-3-7-21-15(24)13(9-10-5-6-11(22)12(23)8-10)25-17(21)18-16-20-19-14(4-2)26-16/h3,5-6,8-9,22-23H,1,4,7H2,2H3/b13-9+,18-17?. The first kappa shape index (κ1) is 18.2. The van der Waals surface area contributed by atoms with Crippen molar-refractivity contribution in [2.24, 2.45) is 4.99 Å². The van der Waals surface area contributed by atoms with Crippen molar-refractivity contribution in [2.45, 2.75) is 13.3 Å². The van der Waals surface area contributed by atoms with Gasteiger partial charge < -0.3 is 10.2 Å². The van der Waals surface area contributed by atoms with Gasteiger partial charge in [0, 0.05) is 6.54 Å². The fourth-order valence-corrected chi connectivity index (χ4v) is 3.87. The highest BCUT2D eigenvalue weighted by molar-refractivity contribution is 8.18. The number of carbonyl (C=O) groups is 1. The van der Waals surface area contributed by atoms with Crippen molar-refractivity contribution in [1.29, 1.82) is 0 Å². The lowest BCUT2D eigenvalue weighted by Gasteiger charge is -2.11. The van der Waals surface area contributed by atoms with Crippen molar-refractivity contribution >= 4 is 45.4 Å². The van der Waals surface area contributed by atoms with E-state index in [0.29, 0.717) is 27.3 Å². The molecule has 134 valence electrons. The summed E-state index contributed by atoms with van der Waals surface area (Å²) in [5.41, 5.74) is 0.597. The third-order valence-electron chi connectivity index (χ3n) is 3.45. The summed E-state index contributed by atoms with van der Waals surface area (Å²) in [4.78, 5) is 19.1. The van der Waals surface area contributed by atoms with Crippen LogP contribution in [0.1, 0.15) is 17.5 Å². The van der Waals surface area contributed by atoms with Crippen molar-refractivity contribution in [2.75, 3.05) is 6.54 Å². The molecule has 26 heavy (non-hydrogen) atoms. The van der Waals surface area contributed by atoms with Gasteiger partial charge in [-0.2, -0.15) is 4.99 Å². The van der Waals surface area contributed by atoms with E-state index in [2.05, 4.69) is 21.8 Å². The molecule has 1 saturated heterocycles. The molecule has 1 aromatic carbocycles. The highest BCUT2D eigenvalue weighted by Gasteiger charge is 2.33. The van der Waals surface area contributed by atoms with Crippen molar-refractivity contribution in [3.05, 3.63) is 46.3 Å². The summed E-state index contributed by atoms with van der Waals surface area (Å²) in [5, 5.41) is 29.0. The SMILES string of the molecule is C=CCN1C(=O)/C(=C\c2ccc(O)c(O)c2)SC1=Nc1nnc(CC)s1. The van der Waals surface area contributed by atoms with E-state index >= 15 is 0 Å². The number of thioether (sulfide) groups is 1. The number of aromatic nitrogens is 2. The van der Waals surface area contributed by atoms with Gasteiger partial charge in [-0.25, -0.2) is 0 Å². The number of phenolic OH excluding ortho intramolecular Hbond substituents is 2. The molecule has 2 aromatic rings. The van der Waals surface area contributed by atoms with E-state index in [-0.39, 0.29) is 17.4 Å². The molecule has 0 unspecified atom stereocenters. The Morgan fingerprint density at radius 3 is 2.77 bits per heavy atom. The molecule has 0 bridgehead atoms. The quantitative estimate of drug-likeness (QED) is 0.463. The van der Waals surface area contributed by atoms with Gasteiger partial charge in [-0.1, -0.05) is 30.4 Å². The fraction of sp³-hybridized carbons (Fsp3) is 0.176. The van der Waals surface area contributed by atoms with Gasteiger partial charge in [0.25, 0.3) is 5.91 Å². The average molecular weight is 388 g/mol. The van der Waals surface area contributed by atoms with Gasteiger partial charge in [0.05, 0.1) is 4.91 Å². The molecule has 1 aliphatic rings. The monoisotopic (exact) mass is 388 g/mol. The smallest absolute Gasteiger partial charge is 0.267 e. The number of hydrogen-bond donors (Lipinski definition) is 2. The van der Waals surface area contributed by atoms with Gasteiger partial charge in [0.1, 0.15) is 5.01 Å². The van der Waals surface area contributed by atoms with Crippen LogP contribution in [0, 0.1) is 0 Å². The van der Waals surface area contributed by atoms with Crippen molar-refractivity contribution < 1.29 is 15.0 Å². The van der Waals surface area contributed by atoms with Crippen LogP contribution in [0.3, 0.4) is 0 Å². The molecule has 0 radical (unpaired) electrons. The van der Waals surface area contributed by atoms with Crippen molar-refractivity contribution in [1.82, 2.24) is 15.1 Å². The van der Waals surface area contributed by atoms with Crippen LogP contribution < -0.4 is 0 Å². The Balaban J connectivity index is 1.93. The second kappa shape index (κ2) is 7.71. The number of amides is 1. The van der Waals surface area contributed by atoms with Crippen molar-refractivity contribution in [3.63, 3.8) is 0 Å². The number of rotatable bonds is 5. The van der Waals surface area contributed by atoms with Crippen LogP contribution in [-0.2, 0) is 11.2 Å². The highest BCUT2D eigenvalue weighted by atomic mass is 32.2. The Kier molecular flexibility index (Phi) is 5.38. The first-order chi connectivity index (χ1) is 12.5. The van der Waals surface area contributed by atoms with Crippen LogP contribution in [0.15, 0.2) is 40.8 Å². The Labute approximate surface area is 158 Å². The summed E-state index contributed by atoms with van der Waals surface area (Å²) in [6.45, 7) is 5.99. The van der Waals surface area contributed by atoms with E-state index in [4.69, 9.17) is 0 Å². The number of carbonyl (C=O) groups excluding carboxylic acids is 1. The van der Waals surface area contributed by atoms with Crippen molar-refractivity contribution in [3.8, 4) is 11.5 Å². The lowest BCUT2D eigenvalue weighted by Crippen LogP contribution is -2.29. The van der Waals surface area contributed by atoms with Gasteiger partial charge in [-0.05, 0) is 42.0 Å². The van der Waals surface area contributed by atoms with E-state index in [9.17, 15) is 15.0 Å². The molecule has 2 heterocycles. The number of aliphatic imine (C=N–C) groups is 1. The first-order valence-corrected chi connectivity index (χ1v) is 9.40. The second-order valence-electron chi connectivity index (χ2n) is 5.29. The van der Waals surface area contributed by atoms with E-state index in [0.717, 1.165) is 11.4 Å². The molecule has 2 N–H and O–H groups in total. The van der Waals surface area contributed by atoms with E-state index in [1.807, 2.05) is 6.92 Å². The van der Waals surface area contributed by atoms with Crippen LogP contribution >= 0.6 is 23.1 Å². The normalized spacial score (nSPS) is 17.4. The number of aromatic hydroxyl groups is 2. The minimum atomic E-state index is -0.243. The Bertz CT molecular complexity index is 920. The number of nitrogens with zero attached hydrogens (tertiary/aromatic N) is 4. The average Bonchev–Trinajstić information content (AvgIpc) is 3.19. The summed E-state index contributed by atoms with van der Waals surface area (Å²) >= 11 is 2.60. The molecule has 0 atom stereocenters. The molecular formula is C17H16N4O3S2. The third-order valence-corrected chi connectivity index (χ3v) is 5.42. The van der Waals surface area contributed by atoms with Gasteiger partial charge in [-0.3, -0.25) is 9.69 Å².